The van der Waals surface area contributed by atoms with E-state index in [1.807, 2.05) is 0 Å². The number of likely N-dealkylation sites (tertiary alicyclic amines) is 1. The van der Waals surface area contributed by atoms with E-state index in [-0.39, 0.29) is 6.04 Å². The Hall–Kier alpha value is -0.610. The summed E-state index contributed by atoms with van der Waals surface area (Å²) in [5.74, 6) is 1.20. The summed E-state index contributed by atoms with van der Waals surface area (Å²) < 4.78 is 6.30. The molecule has 1 N–H and O–H groups in total. The number of carbonyl (C=O) groups is 1. The second-order valence-corrected chi connectivity index (χ2v) is 7.55. The molecule has 1 saturated carbocycles. The first kappa shape index (κ1) is 16.3. The number of hydrogen-bond donors (Lipinski definition) is 1. The molecule has 0 spiro atoms. The molecule has 2 aliphatic heterocycles. The van der Waals surface area contributed by atoms with Gasteiger partial charge in [-0.05, 0) is 63.8 Å². The van der Waals surface area contributed by atoms with Crippen LogP contribution in [0.1, 0.15) is 64.7 Å². The molecule has 22 heavy (non-hydrogen) atoms. The lowest BCUT2D eigenvalue weighted by atomic mass is 9.88. The standard InChI is InChI=1S/C18H32N2O2/c1-14-5-7-15(8-6-14)22-16-9-12-20(13-10-16)18(21)17-4-2-3-11-19-17/h14-17,19H,2-13H2,1H3. The predicted octanol–water partition coefficient (Wildman–Crippen LogP) is 2.71. The zero-order valence-electron chi connectivity index (χ0n) is 14.1. The minimum absolute atomic E-state index is 0.0750. The van der Waals surface area contributed by atoms with Crippen LogP contribution in [0.15, 0.2) is 0 Å². The van der Waals surface area contributed by atoms with E-state index in [2.05, 4.69) is 17.1 Å². The Bertz CT molecular complexity index is 352. The van der Waals surface area contributed by atoms with Gasteiger partial charge in [-0.2, -0.15) is 0 Å². The summed E-state index contributed by atoms with van der Waals surface area (Å²) in [6.45, 7) is 5.10. The van der Waals surface area contributed by atoms with E-state index in [4.69, 9.17) is 4.74 Å². The molecule has 3 fully saturated rings. The van der Waals surface area contributed by atoms with E-state index in [0.717, 1.165) is 44.8 Å². The van der Waals surface area contributed by atoms with E-state index in [9.17, 15) is 4.79 Å². The lowest BCUT2D eigenvalue weighted by Gasteiger charge is -2.37. The predicted molar refractivity (Wildman–Crippen MR) is 87.7 cm³/mol. The number of piperidine rings is 2. The van der Waals surface area contributed by atoms with Crippen molar-refractivity contribution >= 4 is 5.91 Å². The number of nitrogens with one attached hydrogen (secondary N) is 1. The van der Waals surface area contributed by atoms with Gasteiger partial charge in [0.1, 0.15) is 0 Å². The Labute approximate surface area is 135 Å². The number of carbonyl (C=O) groups excluding carboxylic acids is 1. The molecule has 1 atom stereocenters. The van der Waals surface area contributed by atoms with Crippen LogP contribution in [0.2, 0.25) is 0 Å². The van der Waals surface area contributed by atoms with Gasteiger partial charge in [-0.15, -0.1) is 0 Å². The van der Waals surface area contributed by atoms with Crippen LogP contribution in [0, 0.1) is 5.92 Å². The van der Waals surface area contributed by atoms with Crippen LogP contribution >= 0.6 is 0 Å². The molecule has 3 rings (SSSR count). The van der Waals surface area contributed by atoms with Crippen molar-refractivity contribution in [2.75, 3.05) is 19.6 Å². The summed E-state index contributed by atoms with van der Waals surface area (Å²) in [6.07, 6.45) is 11.4. The van der Waals surface area contributed by atoms with Gasteiger partial charge in [0, 0.05) is 13.1 Å². The summed E-state index contributed by atoms with van der Waals surface area (Å²) in [6, 6.07) is 0.0750. The number of hydrogen-bond acceptors (Lipinski definition) is 3. The molecule has 1 amide bonds. The van der Waals surface area contributed by atoms with Gasteiger partial charge in [-0.25, -0.2) is 0 Å². The number of amides is 1. The van der Waals surface area contributed by atoms with Crippen molar-refractivity contribution in [3.63, 3.8) is 0 Å². The Morgan fingerprint density at radius 3 is 2.27 bits per heavy atom. The highest BCUT2D eigenvalue weighted by Crippen LogP contribution is 2.28. The third kappa shape index (κ3) is 4.23. The first-order valence-electron chi connectivity index (χ1n) is 9.40. The molecule has 126 valence electrons. The van der Waals surface area contributed by atoms with Crippen molar-refractivity contribution in [3.8, 4) is 0 Å². The molecule has 0 aromatic heterocycles. The molecule has 2 saturated heterocycles. The molecule has 1 unspecified atom stereocenters. The maximum absolute atomic E-state index is 12.5. The van der Waals surface area contributed by atoms with Crippen LogP contribution in [-0.2, 0) is 9.53 Å². The van der Waals surface area contributed by atoms with Crippen LogP contribution in [0.4, 0.5) is 0 Å². The first-order valence-corrected chi connectivity index (χ1v) is 9.40. The van der Waals surface area contributed by atoms with E-state index in [0.29, 0.717) is 18.1 Å². The largest absolute Gasteiger partial charge is 0.375 e. The van der Waals surface area contributed by atoms with Crippen LogP contribution in [0.25, 0.3) is 0 Å². The van der Waals surface area contributed by atoms with Crippen molar-refractivity contribution in [2.45, 2.75) is 83.0 Å². The Kier molecular flexibility index (Phi) is 5.75. The van der Waals surface area contributed by atoms with Gasteiger partial charge in [0.15, 0.2) is 0 Å². The van der Waals surface area contributed by atoms with Crippen molar-refractivity contribution < 1.29 is 9.53 Å². The minimum atomic E-state index is 0.0750. The number of nitrogens with zero attached hydrogens (tertiary/aromatic N) is 1. The van der Waals surface area contributed by atoms with E-state index in [1.54, 1.807) is 0 Å². The van der Waals surface area contributed by atoms with Gasteiger partial charge >= 0.3 is 0 Å². The van der Waals surface area contributed by atoms with Gasteiger partial charge in [0.25, 0.3) is 0 Å². The molecule has 0 bridgehead atoms. The molecular weight excluding hydrogens is 276 g/mol. The lowest BCUT2D eigenvalue weighted by molar-refractivity contribution is -0.137. The van der Waals surface area contributed by atoms with E-state index >= 15 is 0 Å². The molecule has 4 nitrogen and oxygen atoms in total. The van der Waals surface area contributed by atoms with Crippen LogP contribution in [0.5, 0.6) is 0 Å². The van der Waals surface area contributed by atoms with Gasteiger partial charge < -0.3 is 15.0 Å². The Morgan fingerprint density at radius 2 is 1.64 bits per heavy atom. The molecule has 0 aromatic carbocycles. The van der Waals surface area contributed by atoms with Crippen molar-refractivity contribution in [1.29, 1.82) is 0 Å². The van der Waals surface area contributed by atoms with Gasteiger partial charge in [-0.3, -0.25) is 4.79 Å². The Morgan fingerprint density at radius 1 is 0.955 bits per heavy atom. The molecule has 1 aliphatic carbocycles. The number of rotatable bonds is 3. The van der Waals surface area contributed by atoms with E-state index in [1.165, 1.54) is 38.5 Å². The minimum Gasteiger partial charge on any atom is -0.375 e. The second-order valence-electron chi connectivity index (χ2n) is 7.55. The highest BCUT2D eigenvalue weighted by atomic mass is 16.5. The molecule has 0 aromatic rings. The summed E-state index contributed by atoms with van der Waals surface area (Å²) in [5.41, 5.74) is 0. The van der Waals surface area contributed by atoms with Crippen molar-refractivity contribution in [2.24, 2.45) is 5.92 Å². The molecular formula is C18H32N2O2. The van der Waals surface area contributed by atoms with Gasteiger partial charge in [0.05, 0.1) is 18.2 Å². The topological polar surface area (TPSA) is 41.6 Å². The summed E-state index contributed by atoms with van der Waals surface area (Å²) in [7, 11) is 0. The fourth-order valence-electron chi connectivity index (χ4n) is 4.13. The van der Waals surface area contributed by atoms with Gasteiger partial charge in [0.2, 0.25) is 5.91 Å². The summed E-state index contributed by atoms with van der Waals surface area (Å²) in [5, 5.41) is 3.37. The van der Waals surface area contributed by atoms with Crippen LogP contribution < -0.4 is 5.32 Å². The smallest absolute Gasteiger partial charge is 0.239 e. The van der Waals surface area contributed by atoms with E-state index < -0.39 is 0 Å². The zero-order chi connectivity index (χ0) is 15.4. The second kappa shape index (κ2) is 7.78. The fourth-order valence-corrected chi connectivity index (χ4v) is 4.13. The molecule has 3 aliphatic rings. The average molecular weight is 308 g/mol. The quantitative estimate of drug-likeness (QED) is 0.871. The SMILES string of the molecule is CC1CCC(OC2CCN(C(=O)C3CCCCN3)CC2)CC1. The first-order chi connectivity index (χ1) is 10.7. The molecule has 0 radical (unpaired) electrons. The van der Waals surface area contributed by atoms with Crippen molar-refractivity contribution in [1.82, 2.24) is 10.2 Å². The van der Waals surface area contributed by atoms with Crippen LogP contribution in [0.3, 0.4) is 0 Å². The highest BCUT2D eigenvalue weighted by molar-refractivity contribution is 5.82. The Balaban J connectivity index is 1.39. The highest BCUT2D eigenvalue weighted by Gasteiger charge is 2.30. The van der Waals surface area contributed by atoms with Crippen molar-refractivity contribution in [3.05, 3.63) is 0 Å². The lowest BCUT2D eigenvalue weighted by Crippen LogP contribution is -2.51. The monoisotopic (exact) mass is 308 g/mol. The van der Waals surface area contributed by atoms with Gasteiger partial charge in [-0.1, -0.05) is 13.3 Å². The average Bonchev–Trinajstić information content (AvgIpc) is 2.58. The summed E-state index contributed by atoms with van der Waals surface area (Å²) in [4.78, 5) is 14.6. The zero-order valence-corrected chi connectivity index (χ0v) is 14.1. The third-order valence-electron chi connectivity index (χ3n) is 5.71. The third-order valence-corrected chi connectivity index (χ3v) is 5.71. The fraction of sp³-hybridized carbons (Fsp3) is 0.944. The molecule has 4 heteroatoms. The summed E-state index contributed by atoms with van der Waals surface area (Å²) >= 11 is 0. The number of ether oxygens (including phenoxy) is 1. The molecule has 2 heterocycles. The normalized spacial score (nSPS) is 34.6. The maximum atomic E-state index is 12.5. The van der Waals surface area contributed by atoms with Crippen LogP contribution in [-0.4, -0.2) is 48.7 Å². The maximum Gasteiger partial charge on any atom is 0.239 e.